The van der Waals surface area contributed by atoms with Crippen LogP contribution in [-0.2, 0) is 0 Å². The van der Waals surface area contributed by atoms with Gasteiger partial charge in [0, 0.05) is 22.7 Å². The van der Waals surface area contributed by atoms with Gasteiger partial charge in [-0.1, -0.05) is 23.7 Å². The lowest BCUT2D eigenvalue weighted by Gasteiger charge is -2.06. The molecule has 1 aliphatic carbocycles. The predicted molar refractivity (Wildman–Crippen MR) is 68.9 cm³/mol. The van der Waals surface area contributed by atoms with Crippen LogP contribution in [0.25, 0.3) is 11.1 Å². The third-order valence-electron chi connectivity index (χ3n) is 2.93. The number of hydrogen-bond donors (Lipinski definition) is 1. The van der Waals surface area contributed by atoms with Gasteiger partial charge in [0.25, 0.3) is 0 Å². The van der Waals surface area contributed by atoms with Crippen LogP contribution in [-0.4, -0.2) is 9.97 Å². The van der Waals surface area contributed by atoms with Crippen LogP contribution >= 0.6 is 11.6 Å². The number of nitrogen functional groups attached to an aromatic ring is 1. The third kappa shape index (κ3) is 2.11. The Morgan fingerprint density at radius 1 is 1.18 bits per heavy atom. The summed E-state index contributed by atoms with van der Waals surface area (Å²) in [6, 6.07) is 7.53. The van der Waals surface area contributed by atoms with Crippen molar-refractivity contribution in [1.82, 2.24) is 9.97 Å². The lowest BCUT2D eigenvalue weighted by atomic mass is 10.1. The minimum Gasteiger partial charge on any atom is -0.383 e. The zero-order valence-corrected chi connectivity index (χ0v) is 9.98. The summed E-state index contributed by atoms with van der Waals surface area (Å²) in [5.41, 5.74) is 7.83. The first kappa shape index (κ1) is 10.5. The smallest absolute Gasteiger partial charge is 0.135 e. The molecule has 3 rings (SSSR count). The summed E-state index contributed by atoms with van der Waals surface area (Å²) in [5, 5.41) is 0.711. The fraction of sp³-hybridized carbons (Fsp3) is 0.231. The van der Waals surface area contributed by atoms with Gasteiger partial charge in [0.05, 0.1) is 0 Å². The summed E-state index contributed by atoms with van der Waals surface area (Å²) in [6.07, 6.45) is 4.17. The molecule has 0 bridgehead atoms. The van der Waals surface area contributed by atoms with Crippen LogP contribution in [0.4, 0.5) is 5.82 Å². The number of nitrogens with two attached hydrogens (primary N) is 1. The number of hydrogen-bond acceptors (Lipinski definition) is 3. The van der Waals surface area contributed by atoms with E-state index in [0.29, 0.717) is 16.8 Å². The molecule has 0 unspecified atom stereocenters. The first-order valence-electron chi connectivity index (χ1n) is 5.62. The van der Waals surface area contributed by atoms with Crippen molar-refractivity contribution in [2.45, 2.75) is 18.8 Å². The van der Waals surface area contributed by atoms with E-state index in [9.17, 15) is 0 Å². The van der Waals surface area contributed by atoms with E-state index in [2.05, 4.69) is 9.97 Å². The molecule has 2 N–H and O–H groups in total. The molecule has 1 heterocycles. The van der Waals surface area contributed by atoms with Crippen LogP contribution in [0.2, 0.25) is 5.02 Å². The summed E-state index contributed by atoms with van der Waals surface area (Å²) in [5.74, 6) is 1.95. The van der Waals surface area contributed by atoms with Gasteiger partial charge >= 0.3 is 0 Å². The molecule has 3 nitrogen and oxygen atoms in total. The van der Waals surface area contributed by atoms with Crippen molar-refractivity contribution < 1.29 is 0 Å². The van der Waals surface area contributed by atoms with Gasteiger partial charge in [-0.25, -0.2) is 9.97 Å². The van der Waals surface area contributed by atoms with Crippen LogP contribution in [0.15, 0.2) is 30.5 Å². The van der Waals surface area contributed by atoms with Crippen molar-refractivity contribution in [1.29, 1.82) is 0 Å². The van der Waals surface area contributed by atoms with Crippen molar-refractivity contribution in [2.75, 3.05) is 5.73 Å². The van der Waals surface area contributed by atoms with Crippen molar-refractivity contribution in [3.63, 3.8) is 0 Å². The van der Waals surface area contributed by atoms with Gasteiger partial charge < -0.3 is 5.73 Å². The van der Waals surface area contributed by atoms with Gasteiger partial charge in [-0.05, 0) is 30.5 Å². The monoisotopic (exact) mass is 245 g/mol. The largest absolute Gasteiger partial charge is 0.383 e. The number of anilines is 1. The Bertz CT molecular complexity index is 547. The Hall–Kier alpha value is -1.61. The van der Waals surface area contributed by atoms with Crippen molar-refractivity contribution >= 4 is 17.4 Å². The average Bonchev–Trinajstić information content (AvgIpc) is 3.14. The number of aromatic nitrogens is 2. The van der Waals surface area contributed by atoms with E-state index < -0.39 is 0 Å². The highest BCUT2D eigenvalue weighted by Crippen LogP contribution is 2.39. The molecule has 0 amide bonds. The molecule has 1 aromatic heterocycles. The molecule has 0 spiro atoms. The minimum absolute atomic E-state index is 0.525. The summed E-state index contributed by atoms with van der Waals surface area (Å²) in [4.78, 5) is 8.74. The van der Waals surface area contributed by atoms with Crippen LogP contribution in [0, 0.1) is 0 Å². The second-order valence-electron chi connectivity index (χ2n) is 4.31. The number of halogens is 1. The van der Waals surface area contributed by atoms with Crippen molar-refractivity contribution in [3.05, 3.63) is 41.3 Å². The van der Waals surface area contributed by atoms with Crippen molar-refractivity contribution in [3.8, 4) is 11.1 Å². The maximum absolute atomic E-state index is 5.97. The normalized spacial score (nSPS) is 14.9. The fourth-order valence-electron chi connectivity index (χ4n) is 1.80. The highest BCUT2D eigenvalue weighted by molar-refractivity contribution is 6.30. The van der Waals surface area contributed by atoms with E-state index in [0.717, 1.165) is 17.0 Å². The lowest BCUT2D eigenvalue weighted by molar-refractivity contribution is 0.934. The summed E-state index contributed by atoms with van der Waals surface area (Å²) >= 11 is 5.85. The summed E-state index contributed by atoms with van der Waals surface area (Å²) in [7, 11) is 0. The lowest BCUT2D eigenvalue weighted by Crippen LogP contribution is -2.00. The van der Waals surface area contributed by atoms with Gasteiger partial charge in [-0.2, -0.15) is 0 Å². The van der Waals surface area contributed by atoms with E-state index in [4.69, 9.17) is 17.3 Å². The van der Waals surface area contributed by atoms with E-state index in [1.54, 1.807) is 6.20 Å². The molecule has 0 saturated heterocycles. The fourth-order valence-corrected chi connectivity index (χ4v) is 1.93. The van der Waals surface area contributed by atoms with Crippen LogP contribution in [0.3, 0.4) is 0 Å². The molecule has 2 aromatic rings. The van der Waals surface area contributed by atoms with E-state index in [-0.39, 0.29) is 0 Å². The zero-order chi connectivity index (χ0) is 11.8. The molecule has 1 aromatic carbocycles. The van der Waals surface area contributed by atoms with Crippen LogP contribution in [0.5, 0.6) is 0 Å². The second-order valence-corrected chi connectivity index (χ2v) is 4.74. The Balaban J connectivity index is 1.99. The maximum atomic E-state index is 5.97. The van der Waals surface area contributed by atoms with Gasteiger partial charge in [-0.15, -0.1) is 0 Å². The summed E-state index contributed by atoms with van der Waals surface area (Å²) in [6.45, 7) is 0. The van der Waals surface area contributed by atoms with Gasteiger partial charge in [0.1, 0.15) is 11.6 Å². The molecule has 86 valence electrons. The highest BCUT2D eigenvalue weighted by atomic mass is 35.5. The van der Waals surface area contributed by atoms with Crippen LogP contribution < -0.4 is 5.73 Å². The highest BCUT2D eigenvalue weighted by Gasteiger charge is 2.26. The Labute approximate surface area is 105 Å². The Kier molecular flexibility index (Phi) is 2.48. The predicted octanol–water partition coefficient (Wildman–Crippen LogP) is 3.26. The topological polar surface area (TPSA) is 51.8 Å². The molecule has 0 aliphatic heterocycles. The van der Waals surface area contributed by atoms with Crippen molar-refractivity contribution in [2.24, 2.45) is 0 Å². The van der Waals surface area contributed by atoms with E-state index in [1.807, 2.05) is 24.3 Å². The SMILES string of the molecule is Nc1nc(C2CC2)ncc1-c1ccc(Cl)cc1. The molecular formula is C13H12ClN3. The average molecular weight is 246 g/mol. The van der Waals surface area contributed by atoms with Gasteiger partial charge in [0.2, 0.25) is 0 Å². The van der Waals surface area contributed by atoms with E-state index >= 15 is 0 Å². The number of rotatable bonds is 2. The molecular weight excluding hydrogens is 234 g/mol. The standard InChI is InChI=1S/C13H12ClN3/c14-10-5-3-8(4-6-10)11-7-16-13(9-1-2-9)17-12(11)15/h3-7,9H,1-2H2,(H2,15,16,17). The molecule has 17 heavy (non-hydrogen) atoms. The maximum Gasteiger partial charge on any atom is 0.135 e. The van der Waals surface area contributed by atoms with Gasteiger partial charge in [0.15, 0.2) is 0 Å². The molecule has 1 fully saturated rings. The first-order valence-corrected chi connectivity index (χ1v) is 6.00. The molecule has 1 saturated carbocycles. The van der Waals surface area contributed by atoms with Crippen LogP contribution in [0.1, 0.15) is 24.6 Å². The van der Waals surface area contributed by atoms with Gasteiger partial charge in [-0.3, -0.25) is 0 Å². The minimum atomic E-state index is 0.525. The molecule has 4 heteroatoms. The molecule has 0 radical (unpaired) electrons. The molecule has 0 atom stereocenters. The second kappa shape index (κ2) is 4.00. The molecule has 1 aliphatic rings. The number of nitrogens with zero attached hydrogens (tertiary/aromatic N) is 2. The zero-order valence-electron chi connectivity index (χ0n) is 9.23. The third-order valence-corrected chi connectivity index (χ3v) is 3.19. The van der Waals surface area contributed by atoms with E-state index in [1.165, 1.54) is 12.8 Å². The Morgan fingerprint density at radius 3 is 2.47 bits per heavy atom. The summed E-state index contributed by atoms with van der Waals surface area (Å²) < 4.78 is 0. The number of benzene rings is 1. The quantitative estimate of drug-likeness (QED) is 0.884. The first-order chi connectivity index (χ1) is 8.24. The Morgan fingerprint density at radius 2 is 1.88 bits per heavy atom.